The molecule has 0 spiro atoms. The van der Waals surface area contributed by atoms with Crippen LogP contribution in [-0.2, 0) is 14.9 Å². The van der Waals surface area contributed by atoms with E-state index >= 15 is 0 Å². The van der Waals surface area contributed by atoms with Crippen LogP contribution in [0.2, 0.25) is 0 Å². The zero-order valence-electron chi connectivity index (χ0n) is 19.7. The molecule has 1 saturated carbocycles. The molecule has 1 saturated heterocycles. The number of nitrogen functional groups attached to an aromatic ring is 2. The highest BCUT2D eigenvalue weighted by molar-refractivity contribution is 6.09. The number of hydrogen-bond donors (Lipinski definition) is 3. The SMILES string of the molecule is Cc1ncc2c(N)nc(C3(C(N)=O)CC3)c(N)c2c1-c1nc2cc(N3CCOC(C)C3)ccc2o1. The fourth-order valence-electron chi connectivity index (χ4n) is 5.06. The number of ether oxygens (including phenoxy) is 1. The summed E-state index contributed by atoms with van der Waals surface area (Å²) < 4.78 is 11.9. The van der Waals surface area contributed by atoms with Crippen LogP contribution in [0.25, 0.3) is 33.3 Å². The first kappa shape index (κ1) is 21.6. The van der Waals surface area contributed by atoms with E-state index < -0.39 is 11.3 Å². The van der Waals surface area contributed by atoms with Gasteiger partial charge in [-0.2, -0.15) is 0 Å². The van der Waals surface area contributed by atoms with Gasteiger partial charge < -0.3 is 31.3 Å². The fraction of sp³-hybridized carbons (Fsp3) is 0.360. The van der Waals surface area contributed by atoms with Crippen LogP contribution in [0.1, 0.15) is 31.2 Å². The first-order valence-corrected chi connectivity index (χ1v) is 11.7. The maximum absolute atomic E-state index is 12.2. The first-order chi connectivity index (χ1) is 16.8. The van der Waals surface area contributed by atoms with E-state index in [0.29, 0.717) is 64.3 Å². The number of pyridine rings is 2. The smallest absolute Gasteiger partial charge is 0.229 e. The van der Waals surface area contributed by atoms with Crippen LogP contribution in [0.4, 0.5) is 17.2 Å². The Bertz CT molecular complexity index is 1510. The first-order valence-electron chi connectivity index (χ1n) is 11.7. The van der Waals surface area contributed by atoms with Crippen LogP contribution in [0.3, 0.4) is 0 Å². The maximum Gasteiger partial charge on any atom is 0.229 e. The van der Waals surface area contributed by atoms with E-state index in [1.807, 2.05) is 25.1 Å². The number of nitrogens with two attached hydrogens (primary N) is 3. The van der Waals surface area contributed by atoms with E-state index in [9.17, 15) is 4.79 Å². The van der Waals surface area contributed by atoms with Gasteiger partial charge in [-0.05, 0) is 44.9 Å². The number of oxazole rings is 1. The molecule has 1 atom stereocenters. The molecule has 1 aliphatic heterocycles. The van der Waals surface area contributed by atoms with Crippen LogP contribution in [-0.4, -0.2) is 46.7 Å². The topological polar surface area (TPSA) is 159 Å². The van der Waals surface area contributed by atoms with Crippen molar-refractivity contribution in [2.75, 3.05) is 36.1 Å². The lowest BCUT2D eigenvalue weighted by Gasteiger charge is -2.32. The number of amides is 1. The van der Waals surface area contributed by atoms with Gasteiger partial charge in [0.25, 0.3) is 0 Å². The Morgan fingerprint density at radius 2 is 2.03 bits per heavy atom. The van der Waals surface area contributed by atoms with E-state index in [4.69, 9.17) is 31.3 Å². The second-order valence-electron chi connectivity index (χ2n) is 9.51. The average molecular weight is 474 g/mol. The lowest BCUT2D eigenvalue weighted by Crippen LogP contribution is -2.41. The molecule has 2 fully saturated rings. The zero-order chi connectivity index (χ0) is 24.5. The van der Waals surface area contributed by atoms with Gasteiger partial charge in [-0.1, -0.05) is 0 Å². The van der Waals surface area contributed by atoms with Gasteiger partial charge in [0, 0.05) is 35.7 Å². The van der Waals surface area contributed by atoms with Gasteiger partial charge in [0.2, 0.25) is 11.8 Å². The number of hydrogen-bond acceptors (Lipinski definition) is 9. The summed E-state index contributed by atoms with van der Waals surface area (Å²) in [4.78, 5) is 28.3. The summed E-state index contributed by atoms with van der Waals surface area (Å²) in [6.45, 7) is 6.25. The Balaban J connectivity index is 1.52. The Morgan fingerprint density at radius 3 is 2.74 bits per heavy atom. The highest BCUT2D eigenvalue weighted by Crippen LogP contribution is 2.51. The third-order valence-electron chi connectivity index (χ3n) is 7.17. The fourth-order valence-corrected chi connectivity index (χ4v) is 5.06. The summed E-state index contributed by atoms with van der Waals surface area (Å²) in [6, 6.07) is 5.97. The second-order valence-corrected chi connectivity index (χ2v) is 9.51. The van der Waals surface area contributed by atoms with Gasteiger partial charge >= 0.3 is 0 Å². The van der Waals surface area contributed by atoms with Gasteiger partial charge in [-0.25, -0.2) is 9.97 Å². The molecule has 4 heterocycles. The molecule has 10 heteroatoms. The summed E-state index contributed by atoms with van der Waals surface area (Å²) in [5.41, 5.74) is 22.3. The standard InChI is InChI=1S/C25H27N7O3/c1-12-11-32(7-8-34-12)14-3-4-17-16(9-14)30-23(35-17)18-13(2)29-10-15-19(18)20(26)21(31-22(15)27)25(5-6-25)24(28)33/h3-4,9-10,12H,5-8,11,26H2,1-2H3,(H2,27,31)(H2,28,33). The normalized spacial score (nSPS) is 19.4. The molecule has 6 N–H and O–H groups in total. The summed E-state index contributed by atoms with van der Waals surface area (Å²) in [6.07, 6.45) is 3.00. The monoisotopic (exact) mass is 473 g/mol. The molecular formula is C25H27N7O3. The highest BCUT2D eigenvalue weighted by atomic mass is 16.5. The lowest BCUT2D eigenvalue weighted by molar-refractivity contribution is -0.120. The van der Waals surface area contributed by atoms with Gasteiger partial charge in [0.15, 0.2) is 5.58 Å². The minimum atomic E-state index is -0.883. The molecule has 10 nitrogen and oxygen atoms in total. The number of nitrogens with zero attached hydrogens (tertiary/aromatic N) is 4. The number of carbonyl (C=O) groups excluding carboxylic acids is 1. The third-order valence-corrected chi connectivity index (χ3v) is 7.17. The van der Waals surface area contributed by atoms with Crippen molar-refractivity contribution in [1.82, 2.24) is 15.0 Å². The minimum Gasteiger partial charge on any atom is -0.436 e. The summed E-state index contributed by atoms with van der Waals surface area (Å²) in [5.74, 6) is 0.176. The van der Waals surface area contributed by atoms with Gasteiger partial charge in [0.1, 0.15) is 11.3 Å². The van der Waals surface area contributed by atoms with Crippen LogP contribution in [0.5, 0.6) is 0 Å². The molecule has 180 valence electrons. The number of aromatic nitrogens is 3. The van der Waals surface area contributed by atoms with E-state index in [-0.39, 0.29) is 11.9 Å². The van der Waals surface area contributed by atoms with Crippen molar-refractivity contribution in [2.45, 2.75) is 38.2 Å². The predicted molar refractivity (Wildman–Crippen MR) is 134 cm³/mol. The maximum atomic E-state index is 12.2. The van der Waals surface area contributed by atoms with Crippen molar-refractivity contribution in [1.29, 1.82) is 0 Å². The Hall–Kier alpha value is -3.92. The molecule has 6 rings (SSSR count). The van der Waals surface area contributed by atoms with Crippen LogP contribution < -0.4 is 22.1 Å². The number of anilines is 3. The Labute approximate surface area is 201 Å². The summed E-state index contributed by atoms with van der Waals surface area (Å²) in [5, 5.41) is 1.21. The minimum absolute atomic E-state index is 0.170. The molecule has 1 aliphatic carbocycles. The van der Waals surface area contributed by atoms with Crippen LogP contribution >= 0.6 is 0 Å². The number of carbonyl (C=O) groups is 1. The molecule has 0 bridgehead atoms. The number of morpholine rings is 1. The molecule has 2 aliphatic rings. The second kappa shape index (κ2) is 7.54. The Kier molecular flexibility index (Phi) is 4.65. The van der Waals surface area contributed by atoms with Gasteiger partial charge in [0.05, 0.1) is 40.8 Å². The van der Waals surface area contributed by atoms with E-state index in [1.165, 1.54) is 0 Å². The molecule has 1 unspecified atom stereocenters. The zero-order valence-corrected chi connectivity index (χ0v) is 19.7. The lowest BCUT2D eigenvalue weighted by atomic mass is 9.94. The average Bonchev–Trinajstić information content (AvgIpc) is 3.54. The molecule has 4 aromatic rings. The van der Waals surface area contributed by atoms with Gasteiger partial charge in [-0.3, -0.25) is 9.78 Å². The summed E-state index contributed by atoms with van der Waals surface area (Å²) in [7, 11) is 0. The van der Waals surface area contributed by atoms with Crippen molar-refractivity contribution in [2.24, 2.45) is 5.73 Å². The number of aryl methyl sites for hydroxylation is 1. The summed E-state index contributed by atoms with van der Waals surface area (Å²) >= 11 is 0. The Morgan fingerprint density at radius 1 is 1.23 bits per heavy atom. The quantitative estimate of drug-likeness (QED) is 0.405. The van der Waals surface area contributed by atoms with Crippen molar-refractivity contribution in [3.8, 4) is 11.5 Å². The predicted octanol–water partition coefficient (Wildman–Crippen LogP) is 2.65. The largest absolute Gasteiger partial charge is 0.436 e. The highest BCUT2D eigenvalue weighted by Gasteiger charge is 2.53. The molecule has 1 aromatic carbocycles. The van der Waals surface area contributed by atoms with E-state index in [0.717, 1.165) is 24.3 Å². The van der Waals surface area contributed by atoms with Crippen LogP contribution in [0, 0.1) is 6.92 Å². The van der Waals surface area contributed by atoms with Crippen molar-refractivity contribution < 1.29 is 13.9 Å². The molecular weight excluding hydrogens is 446 g/mol. The third kappa shape index (κ3) is 3.28. The van der Waals surface area contributed by atoms with E-state index in [1.54, 1.807) is 6.20 Å². The van der Waals surface area contributed by atoms with Crippen LogP contribution in [0.15, 0.2) is 28.8 Å². The van der Waals surface area contributed by atoms with Gasteiger partial charge in [-0.15, -0.1) is 0 Å². The number of rotatable bonds is 4. The molecule has 35 heavy (non-hydrogen) atoms. The van der Waals surface area contributed by atoms with Crippen molar-refractivity contribution >= 4 is 45.0 Å². The van der Waals surface area contributed by atoms with Crippen molar-refractivity contribution in [3.05, 3.63) is 35.8 Å². The molecule has 1 amide bonds. The number of primary amides is 1. The van der Waals surface area contributed by atoms with E-state index in [2.05, 4.69) is 21.8 Å². The number of benzene rings is 1. The van der Waals surface area contributed by atoms with Crippen molar-refractivity contribution in [3.63, 3.8) is 0 Å². The number of fused-ring (bicyclic) bond motifs is 2. The molecule has 3 aromatic heterocycles. The molecule has 0 radical (unpaired) electrons.